The lowest BCUT2D eigenvalue weighted by Gasteiger charge is -2.15. The molecule has 0 fully saturated rings. The molecule has 0 heterocycles. The van der Waals surface area contributed by atoms with Crippen LogP contribution in [0.5, 0.6) is 17.2 Å². The minimum absolute atomic E-state index is 0.0404. The van der Waals surface area contributed by atoms with E-state index in [1.165, 1.54) is 6.07 Å². The van der Waals surface area contributed by atoms with Crippen molar-refractivity contribution in [3.05, 3.63) is 47.5 Å². The lowest BCUT2D eigenvalue weighted by Crippen LogP contribution is -2.13. The van der Waals surface area contributed by atoms with Gasteiger partial charge in [0.2, 0.25) is 0 Å². The summed E-state index contributed by atoms with van der Waals surface area (Å²) in [5, 5.41) is 0. The van der Waals surface area contributed by atoms with Gasteiger partial charge in [-0.3, -0.25) is 0 Å². The van der Waals surface area contributed by atoms with Crippen LogP contribution >= 0.6 is 0 Å². The molecule has 0 saturated carbocycles. The van der Waals surface area contributed by atoms with E-state index in [-0.39, 0.29) is 16.4 Å². The Morgan fingerprint density at radius 3 is 2.04 bits per heavy atom. The van der Waals surface area contributed by atoms with Crippen molar-refractivity contribution in [1.29, 1.82) is 0 Å². The molecule has 0 aliphatic heterocycles. The largest absolute Gasteiger partial charge is 0.494 e. The number of hydrogen-bond acceptors (Lipinski definition) is 5. The van der Waals surface area contributed by atoms with Crippen molar-refractivity contribution in [2.24, 2.45) is 0 Å². The van der Waals surface area contributed by atoms with Gasteiger partial charge in [0.1, 0.15) is 17.2 Å². The topological polar surface area (TPSA) is 61.8 Å². The molecule has 0 bridgehead atoms. The molecule has 0 unspecified atom stereocenters. The lowest BCUT2D eigenvalue weighted by molar-refractivity contribution is 0.319. The highest BCUT2D eigenvalue weighted by Gasteiger charge is 2.24. The minimum Gasteiger partial charge on any atom is -0.494 e. The van der Waals surface area contributed by atoms with Crippen LogP contribution in [0, 0.1) is 6.92 Å². The fraction of sp³-hybridized carbons (Fsp3) is 0.400. The zero-order valence-corrected chi connectivity index (χ0v) is 16.7. The molecule has 2 aromatic rings. The molecular formula is C20H26O5S. The van der Waals surface area contributed by atoms with E-state index < -0.39 is 10.1 Å². The molecule has 2 rings (SSSR count). The Hall–Kier alpha value is -2.21. The van der Waals surface area contributed by atoms with E-state index in [1.54, 1.807) is 25.1 Å². The highest BCUT2D eigenvalue weighted by Crippen LogP contribution is 2.34. The number of aryl methyl sites for hydroxylation is 1. The van der Waals surface area contributed by atoms with Gasteiger partial charge < -0.3 is 13.7 Å². The summed E-state index contributed by atoms with van der Waals surface area (Å²) in [7, 11) is -4.06. The Morgan fingerprint density at radius 1 is 0.923 bits per heavy atom. The molecule has 0 aliphatic carbocycles. The smallest absolute Gasteiger partial charge is 0.343 e. The Kier molecular flexibility index (Phi) is 6.53. The van der Waals surface area contributed by atoms with Gasteiger partial charge >= 0.3 is 10.1 Å². The summed E-state index contributed by atoms with van der Waals surface area (Å²) in [6.07, 6.45) is 0. The van der Waals surface area contributed by atoms with Crippen LogP contribution in [0.2, 0.25) is 0 Å². The monoisotopic (exact) mass is 378 g/mol. The minimum atomic E-state index is -4.06. The Morgan fingerprint density at radius 2 is 1.50 bits per heavy atom. The normalized spacial score (nSPS) is 11.5. The third kappa shape index (κ3) is 4.69. The molecule has 6 heteroatoms. The van der Waals surface area contributed by atoms with E-state index in [0.717, 1.165) is 11.1 Å². The zero-order chi connectivity index (χ0) is 19.3. The predicted octanol–water partition coefficient (Wildman–Crippen LogP) is 4.68. The van der Waals surface area contributed by atoms with Gasteiger partial charge in [0, 0.05) is 6.07 Å². The Bertz CT molecular complexity index is 839. The summed E-state index contributed by atoms with van der Waals surface area (Å²) in [5.41, 5.74) is 1.91. The quantitative estimate of drug-likeness (QED) is 0.624. The van der Waals surface area contributed by atoms with Crippen LogP contribution in [-0.2, 0) is 10.1 Å². The average molecular weight is 378 g/mol. The number of ether oxygens (including phenoxy) is 2. The number of benzene rings is 2. The van der Waals surface area contributed by atoms with E-state index >= 15 is 0 Å². The van der Waals surface area contributed by atoms with Crippen molar-refractivity contribution in [2.75, 3.05) is 13.2 Å². The van der Waals surface area contributed by atoms with Crippen LogP contribution in [-0.4, -0.2) is 21.6 Å². The Balaban J connectivity index is 2.41. The summed E-state index contributed by atoms with van der Waals surface area (Å²) in [6.45, 7) is 10.4. The number of rotatable bonds is 8. The van der Waals surface area contributed by atoms with Gasteiger partial charge in [0.05, 0.1) is 13.2 Å². The SMILES string of the molecule is CCOc1cc(S(=O)(=O)Oc2ccc(C(C)C)cc2)c(OCC)cc1C. The predicted molar refractivity (Wildman–Crippen MR) is 102 cm³/mol. The fourth-order valence-corrected chi connectivity index (χ4v) is 3.57. The van der Waals surface area contributed by atoms with E-state index in [2.05, 4.69) is 13.8 Å². The van der Waals surface area contributed by atoms with Gasteiger partial charge in [-0.15, -0.1) is 0 Å². The molecule has 142 valence electrons. The van der Waals surface area contributed by atoms with Crippen LogP contribution in [0.4, 0.5) is 0 Å². The molecule has 0 N–H and O–H groups in total. The van der Waals surface area contributed by atoms with Crippen molar-refractivity contribution >= 4 is 10.1 Å². The van der Waals surface area contributed by atoms with Crippen molar-refractivity contribution in [3.8, 4) is 17.2 Å². The molecule has 0 spiro atoms. The summed E-state index contributed by atoms with van der Waals surface area (Å²) in [4.78, 5) is -0.0404. The van der Waals surface area contributed by atoms with Gasteiger partial charge in [-0.1, -0.05) is 26.0 Å². The zero-order valence-electron chi connectivity index (χ0n) is 15.9. The second kappa shape index (κ2) is 8.45. The van der Waals surface area contributed by atoms with Crippen LogP contribution in [0.15, 0.2) is 41.3 Å². The van der Waals surface area contributed by atoms with Crippen LogP contribution < -0.4 is 13.7 Å². The van der Waals surface area contributed by atoms with E-state index in [0.29, 0.717) is 24.9 Å². The van der Waals surface area contributed by atoms with Crippen molar-refractivity contribution in [3.63, 3.8) is 0 Å². The first-order chi connectivity index (χ1) is 12.3. The molecule has 0 aromatic heterocycles. The van der Waals surface area contributed by atoms with Gasteiger partial charge in [-0.05, 0) is 56.0 Å². The molecule has 0 saturated heterocycles. The van der Waals surface area contributed by atoms with Gasteiger partial charge in [0.25, 0.3) is 0 Å². The van der Waals surface area contributed by atoms with Crippen molar-refractivity contribution in [1.82, 2.24) is 0 Å². The van der Waals surface area contributed by atoms with Crippen molar-refractivity contribution in [2.45, 2.75) is 45.4 Å². The summed E-state index contributed by atoms with van der Waals surface area (Å²) in [6, 6.07) is 10.2. The first-order valence-corrected chi connectivity index (χ1v) is 10.1. The molecular weight excluding hydrogens is 352 g/mol. The number of hydrogen-bond donors (Lipinski definition) is 0. The second-order valence-electron chi connectivity index (χ2n) is 6.19. The first kappa shape index (κ1) is 20.1. The second-order valence-corrected chi connectivity index (χ2v) is 7.71. The lowest BCUT2D eigenvalue weighted by atomic mass is 10.0. The van der Waals surface area contributed by atoms with Gasteiger partial charge in [0.15, 0.2) is 4.90 Å². The standard InChI is InChI=1S/C20H26O5S/c1-6-23-18-13-20(19(24-7-2)12-15(18)5)26(21,22)25-17-10-8-16(9-11-17)14(3)4/h8-14H,6-7H2,1-5H3. The van der Waals surface area contributed by atoms with Gasteiger partial charge in [-0.2, -0.15) is 8.42 Å². The third-order valence-corrected chi connectivity index (χ3v) is 5.13. The van der Waals surface area contributed by atoms with Crippen LogP contribution in [0.3, 0.4) is 0 Å². The molecule has 0 amide bonds. The first-order valence-electron chi connectivity index (χ1n) is 8.73. The highest BCUT2D eigenvalue weighted by molar-refractivity contribution is 7.87. The molecule has 0 aliphatic rings. The van der Waals surface area contributed by atoms with Crippen molar-refractivity contribution < 1.29 is 22.1 Å². The highest BCUT2D eigenvalue weighted by atomic mass is 32.2. The van der Waals surface area contributed by atoms with Crippen LogP contribution in [0.1, 0.15) is 44.7 Å². The van der Waals surface area contributed by atoms with Gasteiger partial charge in [-0.25, -0.2) is 0 Å². The Labute approximate surface area is 156 Å². The molecule has 0 radical (unpaired) electrons. The summed E-state index contributed by atoms with van der Waals surface area (Å²) >= 11 is 0. The van der Waals surface area contributed by atoms with E-state index in [4.69, 9.17) is 13.7 Å². The molecule has 26 heavy (non-hydrogen) atoms. The fourth-order valence-electron chi connectivity index (χ4n) is 2.50. The average Bonchev–Trinajstić information content (AvgIpc) is 2.57. The maximum absolute atomic E-state index is 12.8. The van der Waals surface area contributed by atoms with E-state index in [9.17, 15) is 8.42 Å². The molecule has 5 nitrogen and oxygen atoms in total. The molecule has 2 aromatic carbocycles. The summed E-state index contributed by atoms with van der Waals surface area (Å²) in [5.74, 6) is 1.37. The third-order valence-electron chi connectivity index (χ3n) is 3.86. The van der Waals surface area contributed by atoms with Crippen LogP contribution in [0.25, 0.3) is 0 Å². The maximum atomic E-state index is 12.8. The summed E-state index contributed by atoms with van der Waals surface area (Å²) < 4.78 is 42.0. The molecule has 0 atom stereocenters. The van der Waals surface area contributed by atoms with E-state index in [1.807, 2.05) is 26.0 Å². The maximum Gasteiger partial charge on any atom is 0.343 e.